The standard InChI is InChI=1S/C21H21N5O2S/c1-14(27)19-9-15(13-29-19)10-20(28)24-17-5-8-26(12-17)21-23-7-4-18(25-21)16-3-2-6-22-11-16/h2-4,6-7,9,11,13,17H,5,8,10,12H2,1H3,(H,24,28). The number of hydrogen-bond acceptors (Lipinski definition) is 7. The van der Waals surface area contributed by atoms with Crippen LogP contribution in [0.4, 0.5) is 5.95 Å². The number of hydrogen-bond donors (Lipinski definition) is 1. The highest BCUT2D eigenvalue weighted by atomic mass is 32.1. The molecule has 8 heteroatoms. The lowest BCUT2D eigenvalue weighted by molar-refractivity contribution is -0.121. The first kappa shape index (κ1) is 19.2. The van der Waals surface area contributed by atoms with Crippen LogP contribution in [0.1, 0.15) is 28.6 Å². The minimum atomic E-state index is -0.0326. The summed E-state index contributed by atoms with van der Waals surface area (Å²) in [4.78, 5) is 39.7. The number of nitrogens with one attached hydrogen (secondary N) is 1. The van der Waals surface area contributed by atoms with Gasteiger partial charge in [0.2, 0.25) is 11.9 Å². The third-order valence-corrected chi connectivity index (χ3v) is 5.88. The van der Waals surface area contributed by atoms with Gasteiger partial charge in [-0.1, -0.05) is 0 Å². The van der Waals surface area contributed by atoms with Crippen LogP contribution in [0.2, 0.25) is 0 Å². The number of carbonyl (C=O) groups excluding carboxylic acids is 2. The van der Waals surface area contributed by atoms with Gasteiger partial charge in [-0.2, -0.15) is 0 Å². The summed E-state index contributed by atoms with van der Waals surface area (Å²) in [6.45, 7) is 2.99. The van der Waals surface area contributed by atoms with Gasteiger partial charge in [0.1, 0.15) is 0 Å². The number of amides is 1. The molecule has 1 fully saturated rings. The van der Waals surface area contributed by atoms with Gasteiger partial charge in [0, 0.05) is 43.3 Å². The summed E-state index contributed by atoms with van der Waals surface area (Å²) in [5, 5.41) is 4.96. The van der Waals surface area contributed by atoms with E-state index >= 15 is 0 Å². The molecule has 0 spiro atoms. The van der Waals surface area contributed by atoms with Gasteiger partial charge in [-0.3, -0.25) is 14.6 Å². The Balaban J connectivity index is 1.35. The van der Waals surface area contributed by atoms with Crippen molar-refractivity contribution in [3.8, 4) is 11.3 Å². The van der Waals surface area contributed by atoms with Crippen LogP contribution in [-0.4, -0.2) is 45.8 Å². The van der Waals surface area contributed by atoms with E-state index in [1.807, 2.05) is 23.6 Å². The summed E-state index contributed by atoms with van der Waals surface area (Å²) in [6, 6.07) is 7.57. The Morgan fingerprint density at radius 1 is 1.31 bits per heavy atom. The van der Waals surface area contributed by atoms with Crippen LogP contribution in [0.3, 0.4) is 0 Å². The van der Waals surface area contributed by atoms with Crippen LogP contribution in [0.15, 0.2) is 48.2 Å². The number of ketones is 1. The van der Waals surface area contributed by atoms with Gasteiger partial charge >= 0.3 is 0 Å². The second-order valence-electron chi connectivity index (χ2n) is 7.03. The number of thiophene rings is 1. The molecule has 0 aliphatic carbocycles. The minimum Gasteiger partial charge on any atom is -0.351 e. The summed E-state index contributed by atoms with van der Waals surface area (Å²) in [6.07, 6.45) is 6.39. The zero-order valence-corrected chi connectivity index (χ0v) is 16.9. The molecule has 1 saturated heterocycles. The number of anilines is 1. The van der Waals surface area contributed by atoms with Crippen molar-refractivity contribution in [2.75, 3.05) is 18.0 Å². The highest BCUT2D eigenvalue weighted by molar-refractivity contribution is 7.12. The zero-order valence-electron chi connectivity index (χ0n) is 16.0. The van der Waals surface area contributed by atoms with Crippen LogP contribution in [-0.2, 0) is 11.2 Å². The number of aromatic nitrogens is 3. The molecule has 0 saturated carbocycles. The van der Waals surface area contributed by atoms with E-state index in [2.05, 4.69) is 25.2 Å². The van der Waals surface area contributed by atoms with E-state index in [1.165, 1.54) is 18.3 Å². The van der Waals surface area contributed by atoms with Crippen molar-refractivity contribution in [3.63, 3.8) is 0 Å². The molecule has 29 heavy (non-hydrogen) atoms. The summed E-state index contributed by atoms with van der Waals surface area (Å²) < 4.78 is 0. The fourth-order valence-electron chi connectivity index (χ4n) is 3.35. The maximum Gasteiger partial charge on any atom is 0.225 e. The lowest BCUT2D eigenvalue weighted by atomic mass is 10.2. The van der Waals surface area contributed by atoms with E-state index in [1.54, 1.807) is 24.7 Å². The molecule has 0 aromatic carbocycles. The van der Waals surface area contributed by atoms with Gasteiger partial charge < -0.3 is 10.2 Å². The molecule has 0 bridgehead atoms. The predicted octanol–water partition coefficient (Wildman–Crippen LogP) is 2.74. The van der Waals surface area contributed by atoms with Crippen molar-refractivity contribution in [2.45, 2.75) is 25.8 Å². The second-order valence-corrected chi connectivity index (χ2v) is 7.95. The normalized spacial score (nSPS) is 16.0. The molecule has 0 radical (unpaired) electrons. The monoisotopic (exact) mass is 407 g/mol. The summed E-state index contributed by atoms with van der Waals surface area (Å²) >= 11 is 1.38. The Labute approximate surface area is 172 Å². The number of Topliss-reactive ketones (excluding diaryl/α,β-unsaturated/α-hetero) is 1. The van der Waals surface area contributed by atoms with Crippen molar-refractivity contribution in [3.05, 3.63) is 58.7 Å². The van der Waals surface area contributed by atoms with Crippen LogP contribution < -0.4 is 10.2 Å². The maximum atomic E-state index is 12.4. The van der Waals surface area contributed by atoms with Crippen LogP contribution in [0, 0.1) is 0 Å². The molecule has 1 atom stereocenters. The van der Waals surface area contributed by atoms with Crippen LogP contribution in [0.25, 0.3) is 11.3 Å². The third-order valence-electron chi connectivity index (χ3n) is 4.80. The Morgan fingerprint density at radius 2 is 2.21 bits per heavy atom. The van der Waals surface area contributed by atoms with E-state index in [0.29, 0.717) is 17.4 Å². The molecule has 1 aliphatic heterocycles. The molecule has 3 aromatic rings. The van der Waals surface area contributed by atoms with E-state index < -0.39 is 0 Å². The molecule has 1 amide bonds. The molecular weight excluding hydrogens is 386 g/mol. The summed E-state index contributed by atoms with van der Waals surface area (Å²) in [5.74, 6) is 0.656. The molecule has 7 nitrogen and oxygen atoms in total. The van der Waals surface area contributed by atoms with Crippen molar-refractivity contribution < 1.29 is 9.59 Å². The summed E-state index contributed by atoms with van der Waals surface area (Å²) in [5.41, 5.74) is 2.65. The fraction of sp³-hybridized carbons (Fsp3) is 0.286. The fourth-order valence-corrected chi connectivity index (χ4v) is 4.17. The van der Waals surface area contributed by atoms with Gasteiger partial charge in [-0.25, -0.2) is 9.97 Å². The first-order chi connectivity index (χ1) is 14.1. The van der Waals surface area contributed by atoms with E-state index in [4.69, 9.17) is 0 Å². The summed E-state index contributed by atoms with van der Waals surface area (Å²) in [7, 11) is 0. The van der Waals surface area contributed by atoms with Crippen LogP contribution >= 0.6 is 11.3 Å². The Kier molecular flexibility index (Phi) is 5.62. The Morgan fingerprint density at radius 3 is 2.97 bits per heavy atom. The van der Waals surface area contributed by atoms with Gasteiger partial charge in [-0.05, 0) is 48.6 Å². The zero-order chi connectivity index (χ0) is 20.2. The molecule has 4 heterocycles. The molecule has 4 rings (SSSR count). The van der Waals surface area contributed by atoms with Gasteiger partial charge in [0.15, 0.2) is 5.78 Å². The molecule has 1 N–H and O–H groups in total. The minimum absolute atomic E-state index is 0.0293. The number of rotatable bonds is 6. The molecule has 1 aliphatic rings. The highest BCUT2D eigenvalue weighted by Gasteiger charge is 2.26. The van der Waals surface area contributed by atoms with Crippen molar-refractivity contribution in [2.24, 2.45) is 0 Å². The van der Waals surface area contributed by atoms with Crippen molar-refractivity contribution >= 4 is 29.0 Å². The molecule has 1 unspecified atom stereocenters. The van der Waals surface area contributed by atoms with E-state index in [0.717, 1.165) is 29.8 Å². The number of carbonyl (C=O) groups is 2. The van der Waals surface area contributed by atoms with Gasteiger partial charge in [-0.15, -0.1) is 11.3 Å². The largest absolute Gasteiger partial charge is 0.351 e. The molecule has 148 valence electrons. The topological polar surface area (TPSA) is 88.1 Å². The second kappa shape index (κ2) is 8.48. The predicted molar refractivity (Wildman–Crippen MR) is 112 cm³/mol. The average molecular weight is 407 g/mol. The maximum absolute atomic E-state index is 12.4. The Hall–Kier alpha value is -3.13. The van der Waals surface area contributed by atoms with Crippen LogP contribution in [0.5, 0.6) is 0 Å². The molecule has 3 aromatic heterocycles. The third kappa shape index (κ3) is 4.65. The molecular formula is C21H21N5O2S. The van der Waals surface area contributed by atoms with Gasteiger partial charge in [0.05, 0.1) is 17.0 Å². The van der Waals surface area contributed by atoms with E-state index in [-0.39, 0.29) is 24.2 Å². The van der Waals surface area contributed by atoms with Crippen molar-refractivity contribution in [1.82, 2.24) is 20.3 Å². The smallest absolute Gasteiger partial charge is 0.225 e. The highest BCUT2D eigenvalue weighted by Crippen LogP contribution is 2.21. The van der Waals surface area contributed by atoms with Gasteiger partial charge in [0.25, 0.3) is 0 Å². The average Bonchev–Trinajstić information content (AvgIpc) is 3.39. The quantitative estimate of drug-likeness (QED) is 0.632. The Bertz CT molecular complexity index is 1020. The lowest BCUT2D eigenvalue weighted by Gasteiger charge is -2.17. The van der Waals surface area contributed by atoms with Crippen molar-refractivity contribution in [1.29, 1.82) is 0 Å². The number of nitrogens with zero attached hydrogens (tertiary/aromatic N) is 4. The first-order valence-electron chi connectivity index (χ1n) is 9.44. The SMILES string of the molecule is CC(=O)c1cc(CC(=O)NC2CCN(c3nccc(-c4cccnc4)n3)C2)cs1. The van der Waals surface area contributed by atoms with E-state index in [9.17, 15) is 9.59 Å². The number of pyridine rings is 1. The lowest BCUT2D eigenvalue weighted by Crippen LogP contribution is -2.38. The first-order valence-corrected chi connectivity index (χ1v) is 10.3.